The minimum Gasteiger partial charge on any atom is -0.454 e. The number of benzene rings is 1. The smallest absolute Gasteiger partial charge is 0.236 e. The van der Waals surface area contributed by atoms with Crippen molar-refractivity contribution >= 4 is 34.1 Å². The van der Waals surface area contributed by atoms with Crippen LogP contribution in [0, 0.1) is 0 Å². The SMILES string of the molecule is CSCC(=O)Nc1nc(-c2ccc3c(c2)OCO3)cs1. The molecule has 1 N–H and O–H groups in total. The van der Waals surface area contributed by atoms with Crippen molar-refractivity contribution in [3.8, 4) is 22.8 Å². The Labute approximate surface area is 124 Å². The minimum atomic E-state index is -0.0379. The molecular formula is C13H12N2O3S2. The summed E-state index contributed by atoms with van der Waals surface area (Å²) in [6.07, 6.45) is 1.89. The van der Waals surface area contributed by atoms with Gasteiger partial charge in [-0.2, -0.15) is 11.8 Å². The Morgan fingerprint density at radius 3 is 3.15 bits per heavy atom. The van der Waals surface area contributed by atoms with Crippen LogP contribution >= 0.6 is 23.1 Å². The quantitative estimate of drug-likeness (QED) is 0.941. The Morgan fingerprint density at radius 2 is 2.30 bits per heavy atom. The van der Waals surface area contributed by atoms with Crippen molar-refractivity contribution < 1.29 is 14.3 Å². The third kappa shape index (κ3) is 2.73. The van der Waals surface area contributed by atoms with Crippen molar-refractivity contribution in [1.29, 1.82) is 0 Å². The zero-order valence-corrected chi connectivity index (χ0v) is 12.3. The second-order valence-electron chi connectivity index (χ2n) is 4.09. The molecule has 104 valence electrons. The predicted octanol–water partition coefficient (Wildman–Crippen LogP) is 2.84. The van der Waals surface area contributed by atoms with Gasteiger partial charge in [0.1, 0.15) is 0 Å². The lowest BCUT2D eigenvalue weighted by atomic mass is 10.1. The first kappa shape index (κ1) is 13.3. The number of ether oxygens (including phenoxy) is 2. The highest BCUT2D eigenvalue weighted by atomic mass is 32.2. The van der Waals surface area contributed by atoms with E-state index in [1.807, 2.05) is 29.8 Å². The van der Waals surface area contributed by atoms with Crippen LogP contribution in [0.5, 0.6) is 11.5 Å². The number of anilines is 1. The van der Waals surface area contributed by atoms with E-state index in [4.69, 9.17) is 9.47 Å². The Kier molecular flexibility index (Phi) is 3.79. The topological polar surface area (TPSA) is 60.5 Å². The van der Waals surface area contributed by atoms with Gasteiger partial charge in [-0.1, -0.05) is 0 Å². The summed E-state index contributed by atoms with van der Waals surface area (Å²) < 4.78 is 10.6. The third-order valence-electron chi connectivity index (χ3n) is 2.69. The fourth-order valence-electron chi connectivity index (χ4n) is 1.81. The van der Waals surface area contributed by atoms with Gasteiger partial charge in [0.15, 0.2) is 16.6 Å². The molecule has 5 nitrogen and oxygen atoms in total. The fourth-order valence-corrected chi connectivity index (χ4v) is 2.88. The van der Waals surface area contributed by atoms with Crippen LogP contribution in [0.2, 0.25) is 0 Å². The second-order valence-corrected chi connectivity index (χ2v) is 5.81. The molecule has 0 fully saturated rings. The number of aromatic nitrogens is 1. The lowest BCUT2D eigenvalue weighted by Gasteiger charge is -2.00. The van der Waals surface area contributed by atoms with Crippen LogP contribution in [0.1, 0.15) is 0 Å². The molecule has 1 amide bonds. The van der Waals surface area contributed by atoms with Gasteiger partial charge in [-0.3, -0.25) is 4.79 Å². The summed E-state index contributed by atoms with van der Waals surface area (Å²) in [6, 6.07) is 5.68. The molecule has 20 heavy (non-hydrogen) atoms. The van der Waals surface area contributed by atoms with E-state index in [-0.39, 0.29) is 12.7 Å². The van der Waals surface area contributed by atoms with Gasteiger partial charge in [0.25, 0.3) is 0 Å². The van der Waals surface area contributed by atoms with Crippen molar-refractivity contribution in [2.24, 2.45) is 0 Å². The van der Waals surface area contributed by atoms with E-state index in [0.717, 1.165) is 22.8 Å². The fraction of sp³-hybridized carbons (Fsp3) is 0.231. The van der Waals surface area contributed by atoms with Crippen LogP contribution in [0.3, 0.4) is 0 Å². The number of carbonyl (C=O) groups excluding carboxylic acids is 1. The number of fused-ring (bicyclic) bond motifs is 1. The maximum Gasteiger partial charge on any atom is 0.236 e. The third-order valence-corrected chi connectivity index (χ3v) is 4.00. The summed E-state index contributed by atoms with van der Waals surface area (Å²) in [5.41, 5.74) is 1.75. The summed E-state index contributed by atoms with van der Waals surface area (Å²) in [7, 11) is 0. The van der Waals surface area contributed by atoms with E-state index in [2.05, 4.69) is 10.3 Å². The number of nitrogens with zero attached hydrogens (tertiary/aromatic N) is 1. The number of nitrogens with one attached hydrogen (secondary N) is 1. The maximum absolute atomic E-state index is 11.5. The molecule has 1 aromatic carbocycles. The minimum absolute atomic E-state index is 0.0379. The van der Waals surface area contributed by atoms with E-state index in [0.29, 0.717) is 10.9 Å². The van der Waals surface area contributed by atoms with Gasteiger partial charge in [0, 0.05) is 10.9 Å². The Hall–Kier alpha value is -1.73. The molecular weight excluding hydrogens is 296 g/mol. The first-order valence-electron chi connectivity index (χ1n) is 5.90. The Bertz CT molecular complexity index is 642. The van der Waals surface area contributed by atoms with Crippen molar-refractivity contribution in [1.82, 2.24) is 4.98 Å². The Balaban J connectivity index is 1.78. The average Bonchev–Trinajstić information content (AvgIpc) is 3.06. The molecule has 0 atom stereocenters. The largest absolute Gasteiger partial charge is 0.454 e. The van der Waals surface area contributed by atoms with Crippen LogP contribution in [-0.2, 0) is 4.79 Å². The van der Waals surface area contributed by atoms with Gasteiger partial charge in [-0.25, -0.2) is 4.98 Å². The highest BCUT2D eigenvalue weighted by Gasteiger charge is 2.15. The molecule has 0 radical (unpaired) electrons. The van der Waals surface area contributed by atoms with Crippen LogP contribution in [0.15, 0.2) is 23.6 Å². The predicted molar refractivity (Wildman–Crippen MR) is 80.7 cm³/mol. The summed E-state index contributed by atoms with van der Waals surface area (Å²) >= 11 is 2.89. The van der Waals surface area contributed by atoms with Crippen LogP contribution in [0.25, 0.3) is 11.3 Å². The molecule has 0 spiro atoms. The van der Waals surface area contributed by atoms with Crippen molar-refractivity contribution in [3.05, 3.63) is 23.6 Å². The summed E-state index contributed by atoms with van der Waals surface area (Å²) in [4.78, 5) is 15.9. The molecule has 1 aliphatic heterocycles. The van der Waals surface area contributed by atoms with E-state index >= 15 is 0 Å². The van der Waals surface area contributed by atoms with Gasteiger partial charge >= 0.3 is 0 Å². The molecule has 2 aromatic rings. The van der Waals surface area contributed by atoms with Crippen molar-refractivity contribution in [2.75, 3.05) is 24.1 Å². The monoisotopic (exact) mass is 308 g/mol. The molecule has 7 heteroatoms. The molecule has 0 saturated heterocycles. The van der Waals surface area contributed by atoms with Crippen LogP contribution < -0.4 is 14.8 Å². The Morgan fingerprint density at radius 1 is 1.45 bits per heavy atom. The van der Waals surface area contributed by atoms with E-state index in [9.17, 15) is 4.79 Å². The second kappa shape index (κ2) is 5.72. The highest BCUT2D eigenvalue weighted by Crippen LogP contribution is 2.36. The maximum atomic E-state index is 11.5. The summed E-state index contributed by atoms with van der Waals surface area (Å²) in [5, 5.41) is 5.29. The molecule has 0 saturated carbocycles. The highest BCUT2D eigenvalue weighted by molar-refractivity contribution is 7.99. The number of carbonyl (C=O) groups is 1. The van der Waals surface area contributed by atoms with E-state index in [1.54, 1.807) is 0 Å². The molecule has 3 rings (SSSR count). The van der Waals surface area contributed by atoms with Crippen molar-refractivity contribution in [3.63, 3.8) is 0 Å². The zero-order valence-electron chi connectivity index (χ0n) is 10.7. The van der Waals surface area contributed by atoms with Gasteiger partial charge in [-0.05, 0) is 24.5 Å². The molecule has 1 aliphatic rings. The van der Waals surface area contributed by atoms with Crippen molar-refractivity contribution in [2.45, 2.75) is 0 Å². The number of amides is 1. The standard InChI is InChI=1S/C13H12N2O3S2/c1-19-6-12(16)15-13-14-9(5-20-13)8-2-3-10-11(4-8)18-7-17-10/h2-5H,6-7H2,1H3,(H,14,15,16). The molecule has 1 aromatic heterocycles. The normalized spacial score (nSPS) is 12.4. The molecule has 2 heterocycles. The van der Waals surface area contributed by atoms with Gasteiger partial charge < -0.3 is 14.8 Å². The number of hydrogen-bond acceptors (Lipinski definition) is 6. The molecule has 0 unspecified atom stereocenters. The average molecular weight is 308 g/mol. The van der Waals surface area contributed by atoms with E-state index in [1.165, 1.54) is 23.1 Å². The molecule has 0 aliphatic carbocycles. The summed E-state index contributed by atoms with van der Waals surface area (Å²) in [6.45, 7) is 0.256. The first-order valence-corrected chi connectivity index (χ1v) is 8.18. The van der Waals surface area contributed by atoms with Gasteiger partial charge in [-0.15, -0.1) is 11.3 Å². The number of thioether (sulfide) groups is 1. The summed E-state index contributed by atoms with van der Waals surface area (Å²) in [5.74, 6) is 1.86. The lowest BCUT2D eigenvalue weighted by Crippen LogP contribution is -2.13. The number of hydrogen-bond donors (Lipinski definition) is 1. The van der Waals surface area contributed by atoms with Gasteiger partial charge in [0.05, 0.1) is 11.4 Å². The lowest BCUT2D eigenvalue weighted by molar-refractivity contribution is -0.113. The zero-order chi connectivity index (χ0) is 13.9. The van der Waals surface area contributed by atoms with Gasteiger partial charge in [0.2, 0.25) is 12.7 Å². The number of rotatable bonds is 4. The van der Waals surface area contributed by atoms with Crippen LogP contribution in [0.4, 0.5) is 5.13 Å². The van der Waals surface area contributed by atoms with E-state index < -0.39 is 0 Å². The van der Waals surface area contributed by atoms with Crippen LogP contribution in [-0.4, -0.2) is 29.7 Å². The first-order chi connectivity index (χ1) is 9.76. The molecule has 0 bridgehead atoms. The number of thiazole rings is 1.